The van der Waals surface area contributed by atoms with Crippen molar-refractivity contribution >= 4 is 45.5 Å². The number of aromatic nitrogens is 2. The standard InChI is InChI=1S/C22H16ClFN2O4/c1-10(2)30-22(29)12-3-5-13-18(8-12)26-20-14(21(27)28)9-17(25-19(13)20)11-4-6-16(24)15(23)7-11/h3-10,26H,1-2H3,(H,27,28). The molecule has 0 fully saturated rings. The highest BCUT2D eigenvalue weighted by Crippen LogP contribution is 2.32. The van der Waals surface area contributed by atoms with Gasteiger partial charge in [0.15, 0.2) is 0 Å². The Morgan fingerprint density at radius 2 is 1.93 bits per heavy atom. The van der Waals surface area contributed by atoms with E-state index in [1.165, 1.54) is 24.3 Å². The molecule has 0 aliphatic rings. The first-order valence-corrected chi connectivity index (χ1v) is 9.48. The number of rotatable bonds is 4. The van der Waals surface area contributed by atoms with Crippen LogP contribution < -0.4 is 0 Å². The molecule has 0 bridgehead atoms. The molecular weight excluding hydrogens is 411 g/mol. The second kappa shape index (κ2) is 7.42. The summed E-state index contributed by atoms with van der Waals surface area (Å²) in [5, 5.41) is 10.3. The average molecular weight is 427 g/mol. The summed E-state index contributed by atoms with van der Waals surface area (Å²) in [5.74, 6) is -2.20. The molecule has 0 spiro atoms. The van der Waals surface area contributed by atoms with Crippen LogP contribution in [0.5, 0.6) is 0 Å². The van der Waals surface area contributed by atoms with Gasteiger partial charge in [0.1, 0.15) is 5.82 Å². The number of carboxylic acid groups (broad SMARTS) is 1. The van der Waals surface area contributed by atoms with Gasteiger partial charge in [-0.1, -0.05) is 11.6 Å². The largest absolute Gasteiger partial charge is 0.478 e. The van der Waals surface area contributed by atoms with Gasteiger partial charge in [-0.25, -0.2) is 19.0 Å². The van der Waals surface area contributed by atoms with Crippen molar-refractivity contribution in [1.82, 2.24) is 9.97 Å². The maximum Gasteiger partial charge on any atom is 0.338 e. The summed E-state index contributed by atoms with van der Waals surface area (Å²) in [4.78, 5) is 31.7. The maximum absolute atomic E-state index is 13.5. The van der Waals surface area contributed by atoms with E-state index < -0.39 is 17.8 Å². The zero-order valence-corrected chi connectivity index (χ0v) is 16.7. The number of carbonyl (C=O) groups excluding carboxylic acids is 1. The molecule has 4 aromatic rings. The molecule has 0 aliphatic heterocycles. The van der Waals surface area contributed by atoms with Crippen LogP contribution in [0.4, 0.5) is 4.39 Å². The Labute approximate surface area is 175 Å². The van der Waals surface area contributed by atoms with Crippen molar-refractivity contribution < 1.29 is 23.8 Å². The summed E-state index contributed by atoms with van der Waals surface area (Å²) in [6.45, 7) is 3.51. The average Bonchev–Trinajstić information content (AvgIpc) is 3.06. The first-order valence-electron chi connectivity index (χ1n) is 9.10. The van der Waals surface area contributed by atoms with Gasteiger partial charge in [-0.2, -0.15) is 0 Å². The van der Waals surface area contributed by atoms with Gasteiger partial charge in [0, 0.05) is 16.5 Å². The Hall–Kier alpha value is -3.45. The minimum absolute atomic E-state index is 0.00189. The highest BCUT2D eigenvalue weighted by molar-refractivity contribution is 6.31. The van der Waals surface area contributed by atoms with Crippen molar-refractivity contribution in [2.24, 2.45) is 0 Å². The molecule has 8 heteroatoms. The minimum Gasteiger partial charge on any atom is -0.478 e. The van der Waals surface area contributed by atoms with Crippen LogP contribution in [0.1, 0.15) is 34.6 Å². The molecule has 0 aliphatic carbocycles. The van der Waals surface area contributed by atoms with Crippen LogP contribution in [0.15, 0.2) is 42.5 Å². The summed E-state index contributed by atoms with van der Waals surface area (Å²) >= 11 is 5.87. The van der Waals surface area contributed by atoms with Gasteiger partial charge in [0.25, 0.3) is 0 Å². The molecule has 0 saturated carbocycles. The number of fused-ring (bicyclic) bond motifs is 3. The number of nitrogens with one attached hydrogen (secondary N) is 1. The van der Waals surface area contributed by atoms with Gasteiger partial charge >= 0.3 is 11.9 Å². The Morgan fingerprint density at radius 3 is 2.60 bits per heavy atom. The topological polar surface area (TPSA) is 92.3 Å². The number of nitrogens with zero attached hydrogens (tertiary/aromatic N) is 1. The molecular formula is C22H16ClFN2O4. The van der Waals surface area contributed by atoms with E-state index in [9.17, 15) is 19.1 Å². The Bertz CT molecular complexity index is 1330. The summed E-state index contributed by atoms with van der Waals surface area (Å²) < 4.78 is 18.7. The highest BCUT2D eigenvalue weighted by atomic mass is 35.5. The molecule has 0 radical (unpaired) electrons. The fourth-order valence-electron chi connectivity index (χ4n) is 3.24. The van der Waals surface area contributed by atoms with E-state index in [2.05, 4.69) is 9.97 Å². The van der Waals surface area contributed by atoms with E-state index in [0.717, 1.165) is 0 Å². The summed E-state index contributed by atoms with van der Waals surface area (Å²) in [5.41, 5.74) is 2.45. The molecule has 0 unspecified atom stereocenters. The number of hydrogen-bond acceptors (Lipinski definition) is 4. The monoisotopic (exact) mass is 426 g/mol. The fourth-order valence-corrected chi connectivity index (χ4v) is 3.42. The highest BCUT2D eigenvalue weighted by Gasteiger charge is 2.19. The number of hydrogen-bond donors (Lipinski definition) is 2. The number of halogens is 2. The minimum atomic E-state index is -1.15. The van der Waals surface area contributed by atoms with Crippen molar-refractivity contribution in [3.63, 3.8) is 0 Å². The van der Waals surface area contributed by atoms with Crippen molar-refractivity contribution in [3.8, 4) is 11.3 Å². The second-order valence-electron chi connectivity index (χ2n) is 7.05. The molecule has 0 atom stereocenters. The zero-order valence-electron chi connectivity index (χ0n) is 16.0. The van der Waals surface area contributed by atoms with E-state index in [1.807, 2.05) is 0 Å². The normalized spacial score (nSPS) is 11.4. The summed E-state index contributed by atoms with van der Waals surface area (Å²) in [6, 6.07) is 10.4. The molecule has 2 N–H and O–H groups in total. The third kappa shape index (κ3) is 3.48. The van der Waals surface area contributed by atoms with E-state index in [-0.39, 0.29) is 16.7 Å². The van der Waals surface area contributed by atoms with Crippen LogP contribution in [0, 0.1) is 5.82 Å². The SMILES string of the molecule is CC(C)OC(=O)c1ccc2c(c1)[nH]c1c(C(=O)O)cc(-c3ccc(F)c(Cl)c3)nc12. The van der Waals surface area contributed by atoms with Gasteiger partial charge in [0.2, 0.25) is 0 Å². The van der Waals surface area contributed by atoms with Crippen LogP contribution in [-0.4, -0.2) is 33.1 Å². The quantitative estimate of drug-likeness (QED) is 0.424. The van der Waals surface area contributed by atoms with Crippen LogP contribution in [0.25, 0.3) is 33.2 Å². The first-order chi connectivity index (χ1) is 14.2. The lowest BCUT2D eigenvalue weighted by Gasteiger charge is -2.07. The molecule has 0 saturated heterocycles. The van der Waals surface area contributed by atoms with Gasteiger partial charge in [0.05, 0.1) is 39.0 Å². The van der Waals surface area contributed by atoms with Gasteiger partial charge in [-0.3, -0.25) is 0 Å². The molecule has 30 heavy (non-hydrogen) atoms. The first kappa shape index (κ1) is 19.8. The van der Waals surface area contributed by atoms with E-state index >= 15 is 0 Å². The lowest BCUT2D eigenvalue weighted by atomic mass is 10.1. The molecule has 6 nitrogen and oxygen atoms in total. The van der Waals surface area contributed by atoms with E-state index in [1.54, 1.807) is 32.0 Å². The number of aromatic carboxylic acids is 1. The number of esters is 1. The van der Waals surface area contributed by atoms with Crippen LogP contribution in [-0.2, 0) is 4.74 Å². The second-order valence-corrected chi connectivity index (χ2v) is 7.46. The number of H-pyrrole nitrogens is 1. The Balaban J connectivity index is 1.93. The number of benzene rings is 2. The smallest absolute Gasteiger partial charge is 0.338 e. The number of carboxylic acids is 1. The third-order valence-corrected chi connectivity index (χ3v) is 4.87. The predicted octanol–water partition coefficient (Wildman–Crippen LogP) is 5.44. The molecule has 2 aromatic carbocycles. The number of ether oxygens (including phenoxy) is 1. The third-order valence-electron chi connectivity index (χ3n) is 4.58. The molecule has 4 rings (SSSR count). The molecule has 0 amide bonds. The maximum atomic E-state index is 13.5. The van der Waals surface area contributed by atoms with Crippen LogP contribution in [0.2, 0.25) is 5.02 Å². The molecule has 2 aromatic heterocycles. The lowest BCUT2D eigenvalue weighted by molar-refractivity contribution is 0.0377. The van der Waals surface area contributed by atoms with Gasteiger partial charge in [-0.15, -0.1) is 0 Å². The zero-order chi connectivity index (χ0) is 21.6. The van der Waals surface area contributed by atoms with E-state index in [4.69, 9.17) is 16.3 Å². The van der Waals surface area contributed by atoms with Crippen LogP contribution in [0.3, 0.4) is 0 Å². The molecule has 152 valence electrons. The van der Waals surface area contributed by atoms with Crippen molar-refractivity contribution in [3.05, 3.63) is 64.4 Å². The van der Waals surface area contributed by atoms with E-state index in [0.29, 0.717) is 38.8 Å². The number of aromatic amines is 1. The summed E-state index contributed by atoms with van der Waals surface area (Å²) in [7, 11) is 0. The van der Waals surface area contributed by atoms with Gasteiger partial charge in [-0.05, 0) is 56.3 Å². The van der Waals surface area contributed by atoms with Crippen molar-refractivity contribution in [2.45, 2.75) is 20.0 Å². The van der Waals surface area contributed by atoms with Crippen molar-refractivity contribution in [2.75, 3.05) is 0 Å². The van der Waals surface area contributed by atoms with Gasteiger partial charge < -0.3 is 14.8 Å². The summed E-state index contributed by atoms with van der Waals surface area (Å²) in [6.07, 6.45) is -0.263. The number of pyridine rings is 1. The Kier molecular flexibility index (Phi) is 4.91. The predicted molar refractivity (Wildman–Crippen MR) is 112 cm³/mol. The number of carbonyl (C=O) groups is 2. The molecule has 2 heterocycles. The van der Waals surface area contributed by atoms with Crippen molar-refractivity contribution in [1.29, 1.82) is 0 Å². The Morgan fingerprint density at radius 1 is 1.17 bits per heavy atom. The van der Waals surface area contributed by atoms with Crippen LogP contribution >= 0.6 is 11.6 Å². The fraction of sp³-hybridized carbons (Fsp3) is 0.136. The lowest BCUT2D eigenvalue weighted by Crippen LogP contribution is -2.11.